The fourth-order valence-electron chi connectivity index (χ4n) is 0.551. The molecule has 0 aromatic heterocycles. The lowest BCUT2D eigenvalue weighted by atomic mass is 10.1. The molecule has 0 bridgehead atoms. The summed E-state index contributed by atoms with van der Waals surface area (Å²) in [5, 5.41) is 13.6. The van der Waals surface area contributed by atoms with Crippen LogP contribution in [0.5, 0.6) is 0 Å². The number of rotatable bonds is 2. The SMILES string of the molecule is CNC(=O)/C(=N/O)C(C)C. The zero-order chi connectivity index (χ0) is 8.15. The van der Waals surface area contributed by atoms with Crippen LogP contribution in [-0.4, -0.2) is 23.9 Å². The quantitative estimate of drug-likeness (QED) is 0.331. The highest BCUT2D eigenvalue weighted by atomic mass is 16.4. The van der Waals surface area contributed by atoms with Crippen LogP contribution in [0, 0.1) is 5.92 Å². The largest absolute Gasteiger partial charge is 0.410 e. The average Bonchev–Trinajstić information content (AvgIpc) is 1.88. The molecule has 0 radical (unpaired) electrons. The molecule has 0 saturated carbocycles. The van der Waals surface area contributed by atoms with Gasteiger partial charge in [0.1, 0.15) is 5.71 Å². The first-order chi connectivity index (χ1) is 4.63. The van der Waals surface area contributed by atoms with Crippen LogP contribution in [0.2, 0.25) is 0 Å². The Kier molecular flexibility index (Phi) is 3.46. The molecule has 0 spiro atoms. The van der Waals surface area contributed by atoms with Crippen molar-refractivity contribution in [1.82, 2.24) is 5.32 Å². The monoisotopic (exact) mass is 144 g/mol. The number of nitrogens with one attached hydrogen (secondary N) is 1. The van der Waals surface area contributed by atoms with Gasteiger partial charge < -0.3 is 10.5 Å². The molecule has 10 heavy (non-hydrogen) atoms. The molecule has 2 N–H and O–H groups in total. The summed E-state index contributed by atoms with van der Waals surface area (Å²) >= 11 is 0. The van der Waals surface area contributed by atoms with E-state index in [9.17, 15) is 4.79 Å². The van der Waals surface area contributed by atoms with Gasteiger partial charge in [0, 0.05) is 13.0 Å². The van der Waals surface area contributed by atoms with Crippen molar-refractivity contribution in [3.63, 3.8) is 0 Å². The fraction of sp³-hybridized carbons (Fsp3) is 0.667. The number of hydrogen-bond acceptors (Lipinski definition) is 3. The summed E-state index contributed by atoms with van der Waals surface area (Å²) < 4.78 is 0. The van der Waals surface area contributed by atoms with Crippen LogP contribution in [0.1, 0.15) is 13.8 Å². The Morgan fingerprint density at radius 1 is 1.60 bits per heavy atom. The first-order valence-corrected chi connectivity index (χ1v) is 3.07. The van der Waals surface area contributed by atoms with Crippen molar-refractivity contribution < 1.29 is 10.0 Å². The number of carbonyl (C=O) groups is 1. The van der Waals surface area contributed by atoms with Gasteiger partial charge in [0.05, 0.1) is 0 Å². The van der Waals surface area contributed by atoms with Crippen LogP contribution in [0.4, 0.5) is 0 Å². The Morgan fingerprint density at radius 3 is 2.20 bits per heavy atom. The molecular weight excluding hydrogens is 132 g/mol. The molecule has 4 heteroatoms. The highest BCUT2D eigenvalue weighted by Crippen LogP contribution is 1.95. The van der Waals surface area contributed by atoms with Crippen LogP contribution in [0.25, 0.3) is 0 Å². The van der Waals surface area contributed by atoms with E-state index in [0.717, 1.165) is 0 Å². The second kappa shape index (κ2) is 3.87. The first-order valence-electron chi connectivity index (χ1n) is 3.07. The molecule has 0 aliphatic carbocycles. The molecule has 0 heterocycles. The normalized spacial score (nSPS) is 11.8. The minimum absolute atomic E-state index is 0.0510. The van der Waals surface area contributed by atoms with Gasteiger partial charge >= 0.3 is 0 Å². The van der Waals surface area contributed by atoms with E-state index in [2.05, 4.69) is 10.5 Å². The Hall–Kier alpha value is -1.06. The van der Waals surface area contributed by atoms with Crippen molar-refractivity contribution in [3.8, 4) is 0 Å². The maximum Gasteiger partial charge on any atom is 0.269 e. The Balaban J connectivity index is 4.24. The van der Waals surface area contributed by atoms with Gasteiger partial charge in [-0.25, -0.2) is 0 Å². The van der Waals surface area contributed by atoms with Gasteiger partial charge in [-0.05, 0) is 0 Å². The van der Waals surface area contributed by atoms with Crippen LogP contribution in [-0.2, 0) is 4.79 Å². The van der Waals surface area contributed by atoms with Gasteiger partial charge in [0.2, 0.25) is 0 Å². The smallest absolute Gasteiger partial charge is 0.269 e. The van der Waals surface area contributed by atoms with Crippen molar-refractivity contribution in [1.29, 1.82) is 0 Å². The molecule has 1 amide bonds. The molecule has 4 nitrogen and oxygen atoms in total. The zero-order valence-corrected chi connectivity index (χ0v) is 6.38. The highest BCUT2D eigenvalue weighted by Gasteiger charge is 2.13. The van der Waals surface area contributed by atoms with Crippen LogP contribution in [0.15, 0.2) is 5.16 Å². The van der Waals surface area contributed by atoms with Crippen molar-refractivity contribution in [2.24, 2.45) is 11.1 Å². The van der Waals surface area contributed by atoms with Crippen LogP contribution < -0.4 is 5.32 Å². The predicted octanol–water partition coefficient (Wildman–Crippen LogP) is 0.219. The van der Waals surface area contributed by atoms with Gasteiger partial charge in [0.15, 0.2) is 0 Å². The first kappa shape index (κ1) is 8.94. The Labute approximate surface area is 59.9 Å². The van der Waals surface area contributed by atoms with Crippen molar-refractivity contribution in [2.45, 2.75) is 13.8 Å². The topological polar surface area (TPSA) is 61.7 Å². The van der Waals surface area contributed by atoms with Crippen molar-refractivity contribution in [3.05, 3.63) is 0 Å². The van der Waals surface area contributed by atoms with E-state index in [0.29, 0.717) is 0 Å². The van der Waals surface area contributed by atoms with E-state index in [-0.39, 0.29) is 17.5 Å². The van der Waals surface area contributed by atoms with Crippen molar-refractivity contribution >= 4 is 11.6 Å². The third kappa shape index (κ3) is 2.05. The number of hydrogen-bond donors (Lipinski definition) is 2. The maximum absolute atomic E-state index is 10.8. The van der Waals surface area contributed by atoms with Crippen molar-refractivity contribution in [2.75, 3.05) is 7.05 Å². The average molecular weight is 144 g/mol. The molecule has 0 unspecified atom stereocenters. The van der Waals surface area contributed by atoms with E-state index in [1.165, 1.54) is 7.05 Å². The van der Waals surface area contributed by atoms with E-state index in [4.69, 9.17) is 5.21 Å². The zero-order valence-electron chi connectivity index (χ0n) is 6.38. The molecule has 0 fully saturated rings. The van der Waals surface area contributed by atoms with E-state index in [1.807, 2.05) is 0 Å². The van der Waals surface area contributed by atoms with E-state index in [1.54, 1.807) is 13.8 Å². The maximum atomic E-state index is 10.8. The van der Waals surface area contributed by atoms with Gasteiger partial charge in [0.25, 0.3) is 5.91 Å². The van der Waals surface area contributed by atoms with Gasteiger partial charge in [-0.1, -0.05) is 19.0 Å². The van der Waals surface area contributed by atoms with E-state index < -0.39 is 0 Å². The number of amides is 1. The van der Waals surface area contributed by atoms with Gasteiger partial charge in [-0.15, -0.1) is 0 Å². The van der Waals surface area contributed by atoms with Gasteiger partial charge in [-0.3, -0.25) is 4.79 Å². The minimum Gasteiger partial charge on any atom is -0.410 e. The molecule has 0 aliphatic rings. The Bertz CT molecular complexity index is 152. The summed E-state index contributed by atoms with van der Waals surface area (Å²) in [5.74, 6) is -0.387. The number of nitrogens with zero attached hydrogens (tertiary/aromatic N) is 1. The molecule has 0 atom stereocenters. The minimum atomic E-state index is -0.336. The molecular formula is C6H12N2O2. The highest BCUT2D eigenvalue weighted by molar-refractivity contribution is 6.39. The molecule has 0 saturated heterocycles. The number of oxime groups is 1. The summed E-state index contributed by atoms with van der Waals surface area (Å²) in [6, 6.07) is 0. The summed E-state index contributed by atoms with van der Waals surface area (Å²) in [5.41, 5.74) is 0.155. The molecule has 0 aromatic carbocycles. The molecule has 0 rings (SSSR count). The summed E-state index contributed by atoms with van der Waals surface area (Å²) in [4.78, 5) is 10.8. The predicted molar refractivity (Wildman–Crippen MR) is 38.1 cm³/mol. The second-order valence-corrected chi connectivity index (χ2v) is 2.22. The summed E-state index contributed by atoms with van der Waals surface area (Å²) in [6.45, 7) is 3.56. The molecule has 0 aliphatic heterocycles. The lowest BCUT2D eigenvalue weighted by Gasteiger charge is -2.04. The summed E-state index contributed by atoms with van der Waals surface area (Å²) in [6.07, 6.45) is 0. The lowest BCUT2D eigenvalue weighted by molar-refractivity contribution is -0.114. The Morgan fingerprint density at radius 2 is 2.10 bits per heavy atom. The van der Waals surface area contributed by atoms with Gasteiger partial charge in [-0.2, -0.15) is 0 Å². The molecule has 58 valence electrons. The lowest BCUT2D eigenvalue weighted by Crippen LogP contribution is -2.31. The number of carbonyl (C=O) groups excluding carboxylic acids is 1. The van der Waals surface area contributed by atoms with Crippen LogP contribution in [0.3, 0.4) is 0 Å². The molecule has 0 aromatic rings. The fourth-order valence-corrected chi connectivity index (χ4v) is 0.551. The standard InChI is InChI=1S/C6H12N2O2/c1-4(2)5(8-10)6(9)7-3/h4,10H,1-3H3,(H,7,9)/b8-5+. The third-order valence-corrected chi connectivity index (χ3v) is 1.11. The second-order valence-electron chi connectivity index (χ2n) is 2.22. The summed E-state index contributed by atoms with van der Waals surface area (Å²) in [7, 11) is 1.50. The van der Waals surface area contributed by atoms with E-state index >= 15 is 0 Å². The third-order valence-electron chi connectivity index (χ3n) is 1.11. The van der Waals surface area contributed by atoms with Crippen LogP contribution >= 0.6 is 0 Å².